The molecule has 1 unspecified atom stereocenters. The van der Waals surface area contributed by atoms with Crippen molar-refractivity contribution < 1.29 is 8.42 Å². The van der Waals surface area contributed by atoms with Gasteiger partial charge in [-0.05, 0) is 45.8 Å². The number of hydrogen-bond acceptors (Lipinski definition) is 3. The highest BCUT2D eigenvalue weighted by atomic mass is 79.9. The van der Waals surface area contributed by atoms with Crippen LogP contribution in [0, 0.1) is 0 Å². The number of hydrogen-bond donors (Lipinski definition) is 0. The van der Waals surface area contributed by atoms with Crippen molar-refractivity contribution in [2.45, 2.75) is 23.2 Å². The van der Waals surface area contributed by atoms with Gasteiger partial charge in [-0.3, -0.25) is 0 Å². The molecule has 3 nitrogen and oxygen atoms in total. The first-order valence-electron chi connectivity index (χ1n) is 5.87. The van der Waals surface area contributed by atoms with E-state index in [1.807, 2.05) is 6.07 Å². The third kappa shape index (κ3) is 3.29. The molecule has 0 amide bonds. The highest BCUT2D eigenvalue weighted by Crippen LogP contribution is 2.30. The second kappa shape index (κ2) is 6.35. The van der Waals surface area contributed by atoms with Gasteiger partial charge in [0.05, 0.1) is 4.90 Å². The van der Waals surface area contributed by atoms with Crippen molar-refractivity contribution in [2.75, 3.05) is 18.6 Å². The van der Waals surface area contributed by atoms with E-state index in [0.29, 0.717) is 15.2 Å². The van der Waals surface area contributed by atoms with Crippen LogP contribution in [-0.4, -0.2) is 37.3 Å². The Hall–Kier alpha value is 0.250. The van der Waals surface area contributed by atoms with E-state index in [4.69, 9.17) is 11.6 Å². The average Bonchev–Trinajstić information content (AvgIpc) is 2.92. The molecule has 2 rings (SSSR count). The van der Waals surface area contributed by atoms with Gasteiger partial charge >= 0.3 is 0 Å². The number of thioether (sulfide) groups is 1. The Morgan fingerprint density at radius 1 is 1.53 bits per heavy atom. The fourth-order valence-corrected chi connectivity index (χ4v) is 5.87. The molecule has 1 aliphatic heterocycles. The van der Waals surface area contributed by atoms with E-state index in [1.165, 1.54) is 4.31 Å². The molecule has 7 heteroatoms. The third-order valence-corrected chi connectivity index (χ3v) is 7.58. The number of benzene rings is 1. The van der Waals surface area contributed by atoms with E-state index in [-0.39, 0.29) is 6.04 Å². The van der Waals surface area contributed by atoms with Crippen molar-refractivity contribution in [1.82, 2.24) is 4.31 Å². The number of halogens is 2. The summed E-state index contributed by atoms with van der Waals surface area (Å²) >= 11 is 10.9. The zero-order chi connectivity index (χ0) is 14.0. The fourth-order valence-electron chi connectivity index (χ4n) is 1.99. The minimum absolute atomic E-state index is 0.0848. The van der Waals surface area contributed by atoms with Crippen molar-refractivity contribution in [2.24, 2.45) is 0 Å². The maximum atomic E-state index is 12.7. The first-order valence-corrected chi connectivity index (χ1v) is 9.79. The Balaban J connectivity index is 2.38. The van der Waals surface area contributed by atoms with Crippen molar-refractivity contribution in [3.63, 3.8) is 0 Å². The van der Waals surface area contributed by atoms with Crippen molar-refractivity contribution in [1.29, 1.82) is 0 Å². The van der Waals surface area contributed by atoms with Gasteiger partial charge in [-0.1, -0.05) is 6.07 Å². The average molecular weight is 385 g/mol. The molecule has 1 saturated heterocycles. The second-order valence-corrected chi connectivity index (χ2v) is 8.67. The Morgan fingerprint density at radius 3 is 2.84 bits per heavy atom. The number of nitrogens with zero attached hydrogens (tertiary/aromatic N) is 1. The number of rotatable bonds is 4. The highest BCUT2D eigenvalue weighted by molar-refractivity contribution is 9.10. The van der Waals surface area contributed by atoms with Crippen molar-refractivity contribution in [3.05, 3.63) is 28.2 Å². The molecular weight excluding hydrogens is 370 g/mol. The quantitative estimate of drug-likeness (QED) is 0.747. The van der Waals surface area contributed by atoms with Crippen LogP contribution >= 0.6 is 39.3 Å². The topological polar surface area (TPSA) is 37.4 Å². The molecule has 0 saturated carbocycles. The van der Waals surface area contributed by atoms with E-state index in [9.17, 15) is 8.42 Å². The number of alkyl halides is 1. The van der Waals surface area contributed by atoms with Gasteiger partial charge in [0, 0.05) is 29.2 Å². The Kier molecular flexibility index (Phi) is 5.22. The van der Waals surface area contributed by atoms with Crippen molar-refractivity contribution in [3.8, 4) is 0 Å². The molecule has 1 atom stereocenters. The van der Waals surface area contributed by atoms with E-state index in [2.05, 4.69) is 15.9 Å². The molecule has 0 radical (unpaired) electrons. The van der Waals surface area contributed by atoms with Crippen LogP contribution in [0.4, 0.5) is 0 Å². The minimum atomic E-state index is -3.47. The molecule has 0 spiro atoms. The molecule has 0 N–H and O–H groups in total. The van der Waals surface area contributed by atoms with Crippen LogP contribution in [0.1, 0.15) is 12.0 Å². The first kappa shape index (κ1) is 15.6. The van der Waals surface area contributed by atoms with E-state index >= 15 is 0 Å². The maximum Gasteiger partial charge on any atom is 0.244 e. The summed E-state index contributed by atoms with van der Waals surface area (Å²) in [7, 11) is -1.81. The fraction of sp³-hybridized carbons (Fsp3) is 0.500. The van der Waals surface area contributed by atoms with Crippen LogP contribution in [0.15, 0.2) is 27.6 Å². The summed E-state index contributed by atoms with van der Waals surface area (Å²) in [5, 5.41) is 0. The molecular formula is C12H15BrClNO2S2. The molecule has 1 aromatic rings. The van der Waals surface area contributed by atoms with Crippen LogP contribution in [-0.2, 0) is 15.9 Å². The normalized spacial score (nSPS) is 20.1. The van der Waals surface area contributed by atoms with Crippen LogP contribution in [0.5, 0.6) is 0 Å². The van der Waals surface area contributed by atoms with Crippen LogP contribution in [0.2, 0.25) is 0 Å². The molecule has 0 aliphatic carbocycles. The van der Waals surface area contributed by atoms with Gasteiger partial charge in [-0.15, -0.1) is 11.6 Å². The van der Waals surface area contributed by atoms with Crippen LogP contribution < -0.4 is 0 Å². The Morgan fingerprint density at radius 2 is 2.26 bits per heavy atom. The summed E-state index contributed by atoms with van der Waals surface area (Å²) < 4.78 is 27.4. The van der Waals surface area contributed by atoms with Gasteiger partial charge in [-0.25, -0.2) is 8.42 Å². The van der Waals surface area contributed by atoms with Crippen LogP contribution in [0.3, 0.4) is 0 Å². The lowest BCUT2D eigenvalue weighted by atomic mass is 10.2. The van der Waals surface area contributed by atoms with Gasteiger partial charge in [0.15, 0.2) is 0 Å². The Bertz CT molecular complexity index is 559. The summed E-state index contributed by atoms with van der Waals surface area (Å²) in [5.74, 6) is 2.19. The zero-order valence-corrected chi connectivity index (χ0v) is 14.4. The number of sulfonamides is 1. The monoisotopic (exact) mass is 383 g/mol. The molecule has 106 valence electrons. The highest BCUT2D eigenvalue weighted by Gasteiger charge is 2.31. The molecule has 1 heterocycles. The largest absolute Gasteiger partial charge is 0.244 e. The molecule has 0 aromatic heterocycles. The summed E-state index contributed by atoms with van der Waals surface area (Å²) in [5.41, 5.74) is 0.803. The minimum Gasteiger partial charge on any atom is -0.207 e. The molecule has 19 heavy (non-hydrogen) atoms. The SMILES string of the molecule is CN(C1CCSC1)S(=O)(=O)c1cc(CCl)ccc1Br. The predicted molar refractivity (Wildman–Crippen MR) is 84.4 cm³/mol. The standard InChI is InChI=1S/C12H15BrClNO2S2/c1-15(10-4-5-18-8-10)19(16,17)12-6-9(7-14)2-3-11(12)13/h2-3,6,10H,4-5,7-8H2,1H3. The molecule has 1 fully saturated rings. The molecule has 1 aliphatic rings. The van der Waals surface area contributed by atoms with Gasteiger partial charge in [0.2, 0.25) is 10.0 Å². The lowest BCUT2D eigenvalue weighted by Gasteiger charge is -2.24. The smallest absolute Gasteiger partial charge is 0.207 e. The van der Waals surface area contributed by atoms with Crippen molar-refractivity contribution >= 4 is 49.3 Å². The van der Waals surface area contributed by atoms with Gasteiger partial charge in [0.1, 0.15) is 0 Å². The summed E-state index contributed by atoms with van der Waals surface area (Å²) in [6.07, 6.45) is 0.910. The van der Waals surface area contributed by atoms with E-state index in [1.54, 1.807) is 30.9 Å². The Labute approximate surface area is 131 Å². The summed E-state index contributed by atoms with van der Waals surface area (Å²) in [6, 6.07) is 5.29. The lowest BCUT2D eigenvalue weighted by molar-refractivity contribution is 0.394. The zero-order valence-electron chi connectivity index (χ0n) is 10.5. The second-order valence-electron chi connectivity index (χ2n) is 4.44. The van der Waals surface area contributed by atoms with E-state index < -0.39 is 10.0 Å². The maximum absolute atomic E-state index is 12.7. The van der Waals surface area contributed by atoms with Gasteiger partial charge in [-0.2, -0.15) is 16.1 Å². The lowest BCUT2D eigenvalue weighted by Crippen LogP contribution is -2.37. The van der Waals surface area contributed by atoms with Gasteiger partial charge < -0.3 is 0 Å². The molecule has 1 aromatic carbocycles. The predicted octanol–water partition coefficient (Wildman–Crippen LogP) is 3.31. The van der Waals surface area contributed by atoms with Crippen LogP contribution in [0.25, 0.3) is 0 Å². The summed E-state index contributed by atoms with van der Waals surface area (Å²) in [4.78, 5) is 0.296. The first-order chi connectivity index (χ1) is 8.96. The van der Waals surface area contributed by atoms with E-state index in [0.717, 1.165) is 23.5 Å². The van der Waals surface area contributed by atoms with Gasteiger partial charge in [0.25, 0.3) is 0 Å². The molecule has 0 bridgehead atoms. The third-order valence-electron chi connectivity index (χ3n) is 3.23. The summed E-state index contributed by atoms with van der Waals surface area (Å²) in [6.45, 7) is 0.